The number of halogens is 1. The molecule has 0 saturated heterocycles. The highest BCUT2D eigenvalue weighted by Crippen LogP contribution is 2.31. The van der Waals surface area contributed by atoms with E-state index in [2.05, 4.69) is 15.3 Å². The van der Waals surface area contributed by atoms with Gasteiger partial charge in [0.25, 0.3) is 11.5 Å². The van der Waals surface area contributed by atoms with Gasteiger partial charge in [-0.2, -0.15) is 0 Å². The van der Waals surface area contributed by atoms with Crippen LogP contribution >= 0.6 is 11.6 Å². The summed E-state index contributed by atoms with van der Waals surface area (Å²) < 4.78 is 11.1. The third-order valence-electron chi connectivity index (χ3n) is 3.69. The van der Waals surface area contributed by atoms with Gasteiger partial charge in [-0.25, -0.2) is 4.98 Å². The number of methoxy groups -OCH3 is 1. The molecule has 8 heteroatoms. The molecule has 2 N–H and O–H groups in total. The minimum atomic E-state index is -0.451. The van der Waals surface area contributed by atoms with Gasteiger partial charge in [0, 0.05) is 24.5 Å². The van der Waals surface area contributed by atoms with Gasteiger partial charge in [0.2, 0.25) is 5.88 Å². The standard InChI is InChI=1S/C19H16ClN3O4/c1-26-15-6-2-3-7-16(15)27-19-12(5-4-8-21-19)10-22-17(24)13-9-14(20)18(25)23-11-13/h2-9,11H,10H2,1H3,(H,22,24)(H,23,25). The average molecular weight is 386 g/mol. The molecule has 0 radical (unpaired) electrons. The minimum absolute atomic E-state index is 0.0516. The van der Waals surface area contributed by atoms with Crippen LogP contribution in [0.1, 0.15) is 15.9 Å². The topological polar surface area (TPSA) is 93.3 Å². The molecule has 3 aromatic rings. The molecule has 3 rings (SSSR count). The molecule has 138 valence electrons. The van der Waals surface area contributed by atoms with Gasteiger partial charge >= 0.3 is 0 Å². The van der Waals surface area contributed by atoms with Crippen LogP contribution in [0.3, 0.4) is 0 Å². The maximum Gasteiger partial charge on any atom is 0.266 e. The van der Waals surface area contributed by atoms with Crippen molar-refractivity contribution < 1.29 is 14.3 Å². The van der Waals surface area contributed by atoms with Crippen LogP contribution in [0.2, 0.25) is 5.02 Å². The highest BCUT2D eigenvalue weighted by molar-refractivity contribution is 6.30. The number of amides is 1. The zero-order chi connectivity index (χ0) is 19.2. The molecule has 0 fully saturated rings. The van der Waals surface area contributed by atoms with E-state index in [4.69, 9.17) is 21.1 Å². The summed E-state index contributed by atoms with van der Waals surface area (Å²) in [7, 11) is 1.55. The van der Waals surface area contributed by atoms with E-state index < -0.39 is 5.56 Å². The molecule has 0 aliphatic carbocycles. The maximum atomic E-state index is 12.3. The van der Waals surface area contributed by atoms with E-state index in [1.807, 2.05) is 12.1 Å². The normalized spacial score (nSPS) is 10.3. The van der Waals surface area contributed by atoms with E-state index in [1.54, 1.807) is 37.6 Å². The smallest absolute Gasteiger partial charge is 0.266 e. The number of H-pyrrole nitrogens is 1. The van der Waals surface area contributed by atoms with Crippen molar-refractivity contribution in [1.29, 1.82) is 0 Å². The molecule has 1 amide bonds. The molecule has 2 aromatic heterocycles. The highest BCUT2D eigenvalue weighted by atomic mass is 35.5. The number of aromatic amines is 1. The molecule has 0 spiro atoms. The first-order valence-electron chi connectivity index (χ1n) is 7.99. The van der Waals surface area contributed by atoms with E-state index in [9.17, 15) is 9.59 Å². The van der Waals surface area contributed by atoms with E-state index in [0.717, 1.165) is 0 Å². The Bertz CT molecular complexity index is 1020. The van der Waals surface area contributed by atoms with Gasteiger partial charge in [-0.05, 0) is 24.3 Å². The fourth-order valence-electron chi connectivity index (χ4n) is 2.32. The second-order valence-corrected chi connectivity index (χ2v) is 5.88. The fraction of sp³-hybridized carbons (Fsp3) is 0.105. The van der Waals surface area contributed by atoms with Crippen LogP contribution in [0.5, 0.6) is 17.4 Å². The lowest BCUT2D eigenvalue weighted by molar-refractivity contribution is 0.0950. The number of nitrogens with zero attached hydrogens (tertiary/aromatic N) is 1. The lowest BCUT2D eigenvalue weighted by atomic mass is 10.2. The summed E-state index contributed by atoms with van der Waals surface area (Å²) in [5.41, 5.74) is 0.468. The lowest BCUT2D eigenvalue weighted by Gasteiger charge is -2.13. The Morgan fingerprint density at radius 1 is 1.22 bits per heavy atom. The number of hydrogen-bond donors (Lipinski definition) is 2. The van der Waals surface area contributed by atoms with Crippen LogP contribution in [0.4, 0.5) is 0 Å². The zero-order valence-electron chi connectivity index (χ0n) is 14.4. The first-order chi connectivity index (χ1) is 13.1. The van der Waals surface area contributed by atoms with Gasteiger partial charge in [0.15, 0.2) is 11.5 Å². The largest absolute Gasteiger partial charge is 0.493 e. The Kier molecular flexibility index (Phi) is 5.73. The van der Waals surface area contributed by atoms with Gasteiger partial charge in [0.1, 0.15) is 5.02 Å². The van der Waals surface area contributed by atoms with Crippen molar-refractivity contribution in [3.05, 3.63) is 81.4 Å². The molecule has 0 aliphatic rings. The summed E-state index contributed by atoms with van der Waals surface area (Å²) in [5, 5.41) is 2.69. The van der Waals surface area contributed by atoms with Crippen molar-refractivity contribution in [3.63, 3.8) is 0 Å². The van der Waals surface area contributed by atoms with Crippen molar-refractivity contribution in [2.24, 2.45) is 0 Å². The molecule has 27 heavy (non-hydrogen) atoms. The van der Waals surface area contributed by atoms with Crippen LogP contribution in [-0.2, 0) is 6.54 Å². The molecule has 1 aromatic carbocycles. The average Bonchev–Trinajstić information content (AvgIpc) is 2.69. The number of benzene rings is 1. The van der Waals surface area contributed by atoms with Gasteiger partial charge < -0.3 is 19.8 Å². The SMILES string of the molecule is COc1ccccc1Oc1ncccc1CNC(=O)c1c[nH]c(=O)c(Cl)c1. The maximum absolute atomic E-state index is 12.3. The quantitative estimate of drug-likeness (QED) is 0.679. The highest BCUT2D eigenvalue weighted by Gasteiger charge is 2.12. The number of pyridine rings is 2. The molecular weight excluding hydrogens is 370 g/mol. The summed E-state index contributed by atoms with van der Waals surface area (Å²) in [6.07, 6.45) is 2.90. The number of ether oxygens (including phenoxy) is 2. The molecule has 0 bridgehead atoms. The van der Waals surface area contributed by atoms with Crippen molar-refractivity contribution in [2.75, 3.05) is 7.11 Å². The number of carbonyl (C=O) groups excluding carboxylic acids is 1. The predicted molar refractivity (Wildman–Crippen MR) is 101 cm³/mol. The first kappa shape index (κ1) is 18.5. The number of carbonyl (C=O) groups is 1. The van der Waals surface area contributed by atoms with Crippen molar-refractivity contribution in [1.82, 2.24) is 15.3 Å². The van der Waals surface area contributed by atoms with Crippen molar-refractivity contribution in [3.8, 4) is 17.4 Å². The van der Waals surface area contributed by atoms with Crippen molar-refractivity contribution >= 4 is 17.5 Å². The summed E-state index contributed by atoms with van der Waals surface area (Å²) in [5.74, 6) is 1.04. The lowest BCUT2D eigenvalue weighted by Crippen LogP contribution is -2.24. The predicted octanol–water partition coefficient (Wildman–Crippen LogP) is 3.15. The van der Waals surface area contributed by atoms with Crippen LogP contribution in [-0.4, -0.2) is 23.0 Å². The summed E-state index contributed by atoms with van der Waals surface area (Å²) in [6.45, 7) is 0.175. The van der Waals surface area contributed by atoms with E-state index in [-0.39, 0.29) is 23.0 Å². The monoisotopic (exact) mass is 385 g/mol. The van der Waals surface area contributed by atoms with Crippen LogP contribution in [0.25, 0.3) is 0 Å². The fourth-order valence-corrected chi connectivity index (χ4v) is 2.49. The number of hydrogen-bond acceptors (Lipinski definition) is 5. The third-order valence-corrected chi connectivity index (χ3v) is 3.97. The molecule has 0 unspecified atom stereocenters. The van der Waals surface area contributed by atoms with Gasteiger partial charge in [-0.1, -0.05) is 29.8 Å². The summed E-state index contributed by atoms with van der Waals surface area (Å²) in [6, 6.07) is 12.0. The van der Waals surface area contributed by atoms with E-state index >= 15 is 0 Å². The number of nitrogens with one attached hydrogen (secondary N) is 2. The second-order valence-electron chi connectivity index (χ2n) is 5.47. The minimum Gasteiger partial charge on any atom is -0.493 e. The first-order valence-corrected chi connectivity index (χ1v) is 8.37. The Morgan fingerprint density at radius 2 is 2.00 bits per heavy atom. The van der Waals surface area contributed by atoms with Gasteiger partial charge in [0.05, 0.1) is 12.7 Å². The Morgan fingerprint density at radius 3 is 2.74 bits per heavy atom. The van der Waals surface area contributed by atoms with Gasteiger partial charge in [-0.15, -0.1) is 0 Å². The van der Waals surface area contributed by atoms with Crippen LogP contribution in [0, 0.1) is 0 Å². The molecular formula is C19H16ClN3O4. The Hall–Kier alpha value is -3.32. The van der Waals surface area contributed by atoms with Crippen molar-refractivity contribution in [2.45, 2.75) is 6.54 Å². The van der Waals surface area contributed by atoms with Crippen LogP contribution in [0.15, 0.2) is 59.7 Å². The Balaban J connectivity index is 1.75. The molecule has 2 heterocycles. The molecule has 7 nitrogen and oxygen atoms in total. The third kappa shape index (κ3) is 4.45. The number of rotatable bonds is 6. The van der Waals surface area contributed by atoms with E-state index in [1.165, 1.54) is 12.3 Å². The summed E-state index contributed by atoms with van der Waals surface area (Å²) in [4.78, 5) is 30.2. The second kappa shape index (κ2) is 8.37. The molecule has 0 atom stereocenters. The number of aromatic nitrogens is 2. The summed E-state index contributed by atoms with van der Waals surface area (Å²) >= 11 is 5.75. The zero-order valence-corrected chi connectivity index (χ0v) is 15.1. The van der Waals surface area contributed by atoms with Gasteiger partial charge in [-0.3, -0.25) is 9.59 Å². The van der Waals surface area contributed by atoms with Crippen LogP contribution < -0.4 is 20.3 Å². The number of para-hydroxylation sites is 2. The van der Waals surface area contributed by atoms with E-state index in [0.29, 0.717) is 22.9 Å². The molecule has 0 aliphatic heterocycles. The Labute approximate surface area is 159 Å². The molecule has 0 saturated carbocycles.